The molecule has 57 heavy (non-hydrogen) atoms. The summed E-state index contributed by atoms with van der Waals surface area (Å²) in [5.41, 5.74) is 1.53. The molecule has 0 unspecified atom stereocenters. The first-order chi connectivity index (χ1) is 27.9. The minimum atomic E-state index is -0.258. The normalized spacial score (nSPS) is 11.3. The van der Waals surface area contributed by atoms with Gasteiger partial charge >= 0.3 is 11.9 Å². The van der Waals surface area contributed by atoms with Crippen LogP contribution in [0.25, 0.3) is 0 Å². The molecule has 6 heteroatoms. The van der Waals surface area contributed by atoms with Crippen LogP contribution in [0.4, 0.5) is 0 Å². The largest absolute Gasteiger partial charge is 0.508 e. The van der Waals surface area contributed by atoms with Crippen molar-refractivity contribution in [2.75, 3.05) is 0 Å². The molecule has 0 aliphatic heterocycles. The van der Waals surface area contributed by atoms with Crippen LogP contribution in [0.3, 0.4) is 0 Å². The number of hydrogen-bond acceptors (Lipinski definition) is 6. The zero-order chi connectivity index (χ0) is 41.0. The molecule has 0 bridgehead atoms. The number of hydrogen-bond donors (Lipinski definition) is 2. The molecule has 0 aliphatic rings. The fraction of sp³-hybridized carbons (Fsp3) is 0.725. The zero-order valence-corrected chi connectivity index (χ0v) is 36.7. The van der Waals surface area contributed by atoms with Crippen molar-refractivity contribution in [1.29, 1.82) is 0 Å². The summed E-state index contributed by atoms with van der Waals surface area (Å²) in [5, 5.41) is 21.2. The van der Waals surface area contributed by atoms with Gasteiger partial charge in [0.05, 0.1) is 0 Å². The van der Waals surface area contributed by atoms with Crippen molar-refractivity contribution < 1.29 is 29.3 Å². The Morgan fingerprint density at radius 3 is 0.912 bits per heavy atom. The second-order valence-electron chi connectivity index (χ2n) is 16.8. The van der Waals surface area contributed by atoms with Gasteiger partial charge in [0.2, 0.25) is 0 Å². The van der Waals surface area contributed by atoms with Gasteiger partial charge in [-0.1, -0.05) is 206 Å². The number of aryl methyl sites for hydroxylation is 2. The van der Waals surface area contributed by atoms with E-state index in [2.05, 4.69) is 13.8 Å². The Kier molecular flexibility index (Phi) is 30.8. The number of carbonyl (C=O) groups is 2. The van der Waals surface area contributed by atoms with Crippen molar-refractivity contribution in [3.8, 4) is 23.0 Å². The first kappa shape index (κ1) is 50.1. The molecular formula is C51H84O6. The van der Waals surface area contributed by atoms with Crippen LogP contribution in [-0.4, -0.2) is 22.2 Å². The number of phenols is 2. The van der Waals surface area contributed by atoms with Crippen LogP contribution < -0.4 is 9.47 Å². The van der Waals surface area contributed by atoms with Crippen molar-refractivity contribution >= 4 is 11.9 Å². The zero-order valence-electron chi connectivity index (χ0n) is 36.7. The molecule has 2 N–H and O–H groups in total. The highest BCUT2D eigenvalue weighted by Gasteiger charge is 2.11. The summed E-state index contributed by atoms with van der Waals surface area (Å²) in [6.07, 6.45) is 41.3. The number of rotatable bonds is 38. The van der Waals surface area contributed by atoms with E-state index in [4.69, 9.17) is 9.47 Å². The maximum Gasteiger partial charge on any atom is 0.311 e. The highest BCUT2D eigenvalue weighted by Crippen LogP contribution is 2.29. The fourth-order valence-electron chi connectivity index (χ4n) is 7.75. The van der Waals surface area contributed by atoms with Crippen molar-refractivity contribution in [1.82, 2.24) is 0 Å². The molecule has 324 valence electrons. The average molecular weight is 793 g/mol. The quantitative estimate of drug-likeness (QED) is 0.0400. The van der Waals surface area contributed by atoms with Gasteiger partial charge in [-0.2, -0.15) is 0 Å². The maximum atomic E-state index is 12.4. The van der Waals surface area contributed by atoms with Gasteiger partial charge in [0.25, 0.3) is 0 Å². The Morgan fingerprint density at radius 2 is 0.649 bits per heavy atom. The molecule has 0 radical (unpaired) electrons. The van der Waals surface area contributed by atoms with E-state index in [-0.39, 0.29) is 23.4 Å². The van der Waals surface area contributed by atoms with Crippen LogP contribution in [0, 0.1) is 0 Å². The third kappa shape index (κ3) is 27.3. The molecule has 0 aliphatic carbocycles. The van der Waals surface area contributed by atoms with E-state index >= 15 is 0 Å². The molecule has 6 nitrogen and oxygen atoms in total. The van der Waals surface area contributed by atoms with E-state index in [0.29, 0.717) is 43.6 Å². The topological polar surface area (TPSA) is 93.1 Å². The van der Waals surface area contributed by atoms with Crippen molar-refractivity contribution in [3.63, 3.8) is 0 Å². The van der Waals surface area contributed by atoms with Gasteiger partial charge in [-0.25, -0.2) is 0 Å². The van der Waals surface area contributed by atoms with E-state index in [1.807, 2.05) is 0 Å². The van der Waals surface area contributed by atoms with Crippen LogP contribution in [0.1, 0.15) is 237 Å². The summed E-state index contributed by atoms with van der Waals surface area (Å²) in [5.74, 6) is 0.424. The smallest absolute Gasteiger partial charge is 0.311 e. The first-order valence-corrected chi connectivity index (χ1v) is 24.0. The molecule has 2 aromatic carbocycles. The third-order valence-corrected chi connectivity index (χ3v) is 11.4. The van der Waals surface area contributed by atoms with Gasteiger partial charge in [-0.3, -0.25) is 9.59 Å². The van der Waals surface area contributed by atoms with Crippen molar-refractivity contribution in [2.24, 2.45) is 0 Å². The average Bonchev–Trinajstić information content (AvgIpc) is 3.19. The van der Waals surface area contributed by atoms with Crippen LogP contribution in [0.15, 0.2) is 36.4 Å². The second-order valence-corrected chi connectivity index (χ2v) is 16.8. The summed E-state index contributed by atoms with van der Waals surface area (Å²) < 4.78 is 11.0. The summed E-state index contributed by atoms with van der Waals surface area (Å²) in [4.78, 5) is 24.8. The number of esters is 2. The van der Waals surface area contributed by atoms with Gasteiger partial charge < -0.3 is 19.7 Å². The van der Waals surface area contributed by atoms with Gasteiger partial charge in [-0.05, 0) is 55.4 Å². The molecule has 2 aromatic rings. The lowest BCUT2D eigenvalue weighted by Crippen LogP contribution is -2.07. The fourth-order valence-corrected chi connectivity index (χ4v) is 7.75. The predicted molar refractivity (Wildman–Crippen MR) is 239 cm³/mol. The van der Waals surface area contributed by atoms with Crippen LogP contribution >= 0.6 is 0 Å². The summed E-state index contributed by atoms with van der Waals surface area (Å²) in [6.45, 7) is 4.54. The summed E-state index contributed by atoms with van der Waals surface area (Å²) >= 11 is 0. The molecule has 0 fully saturated rings. The molecule has 0 spiro atoms. The number of aromatic hydroxyl groups is 2. The molecule has 0 heterocycles. The van der Waals surface area contributed by atoms with Gasteiger partial charge in [-0.15, -0.1) is 0 Å². The van der Waals surface area contributed by atoms with E-state index in [1.54, 1.807) is 24.3 Å². The minimum absolute atomic E-state index is 0.104. The Bertz CT molecular complexity index is 1190. The van der Waals surface area contributed by atoms with Crippen LogP contribution in [0.5, 0.6) is 23.0 Å². The summed E-state index contributed by atoms with van der Waals surface area (Å²) in [6, 6.07) is 10.1. The molecule has 2 rings (SSSR count). The highest BCUT2D eigenvalue weighted by molar-refractivity contribution is 5.73. The number of carbonyl (C=O) groups excluding carboxylic acids is 2. The second kappa shape index (κ2) is 35.0. The Morgan fingerprint density at radius 1 is 0.386 bits per heavy atom. The van der Waals surface area contributed by atoms with Gasteiger partial charge in [0.15, 0.2) is 0 Å². The van der Waals surface area contributed by atoms with Crippen molar-refractivity contribution in [2.45, 2.75) is 239 Å². The highest BCUT2D eigenvalue weighted by atomic mass is 16.5. The van der Waals surface area contributed by atoms with E-state index in [1.165, 1.54) is 166 Å². The SMILES string of the molecule is CCCCCCCCCCCCCCCCCC(=O)Oc1ccc(CCCc2ccc(OC(=O)CCCCCCCCCCCCCCCCC)cc2O)c(O)c1. The van der Waals surface area contributed by atoms with E-state index in [0.717, 1.165) is 49.7 Å². The number of unbranched alkanes of at least 4 members (excludes halogenated alkanes) is 28. The molecular weight excluding hydrogens is 709 g/mol. The van der Waals surface area contributed by atoms with Gasteiger partial charge in [0.1, 0.15) is 23.0 Å². The Hall–Kier alpha value is -3.02. The molecule has 0 aromatic heterocycles. The first-order valence-electron chi connectivity index (χ1n) is 24.0. The monoisotopic (exact) mass is 793 g/mol. The van der Waals surface area contributed by atoms with Crippen LogP contribution in [0.2, 0.25) is 0 Å². The van der Waals surface area contributed by atoms with E-state index in [9.17, 15) is 19.8 Å². The third-order valence-electron chi connectivity index (χ3n) is 11.4. The molecule has 0 saturated carbocycles. The van der Waals surface area contributed by atoms with Gasteiger partial charge in [0, 0.05) is 25.0 Å². The number of ether oxygens (including phenoxy) is 2. The number of phenolic OH excluding ortho intramolecular Hbond substituents is 2. The molecule has 0 atom stereocenters. The maximum absolute atomic E-state index is 12.4. The van der Waals surface area contributed by atoms with Crippen molar-refractivity contribution in [3.05, 3.63) is 47.5 Å². The lowest BCUT2D eigenvalue weighted by atomic mass is 10.0. The molecule has 0 saturated heterocycles. The molecule has 0 amide bonds. The summed E-state index contributed by atoms with van der Waals surface area (Å²) in [7, 11) is 0. The minimum Gasteiger partial charge on any atom is -0.508 e. The Balaban J connectivity index is 1.49. The lowest BCUT2D eigenvalue weighted by Gasteiger charge is -2.10. The van der Waals surface area contributed by atoms with Crippen LogP contribution in [-0.2, 0) is 22.4 Å². The Labute approximate surface area is 349 Å². The predicted octanol–water partition coefficient (Wildman–Crippen LogP) is 15.6. The number of benzene rings is 2. The van der Waals surface area contributed by atoms with E-state index < -0.39 is 0 Å². The lowest BCUT2D eigenvalue weighted by molar-refractivity contribution is -0.135. The standard InChI is InChI=1S/C51H84O6/c1-3-5-7-9-11-13-15-17-19-21-23-25-27-29-31-36-50(54)56-46-40-38-44(48(52)42-46)34-33-35-45-39-41-47(43-49(45)53)57-51(55)37-32-30-28-26-24-22-20-18-16-14-12-10-8-6-4-2/h38-43,52-53H,3-37H2,1-2H3.